The van der Waals surface area contributed by atoms with E-state index in [2.05, 4.69) is 29.2 Å². The largest absolute Gasteiger partial charge is 0.489 e. The summed E-state index contributed by atoms with van der Waals surface area (Å²) in [6.07, 6.45) is 12.1. The molecule has 0 radical (unpaired) electrons. The van der Waals surface area contributed by atoms with Crippen molar-refractivity contribution in [3.63, 3.8) is 0 Å². The number of hydrogen-bond donors (Lipinski definition) is 1. The Balaban J connectivity index is 1.47. The molecule has 1 aliphatic heterocycles. The first-order valence-electron chi connectivity index (χ1n) is 9.61. The van der Waals surface area contributed by atoms with E-state index in [9.17, 15) is 14.4 Å². The number of carbonyl (C=O) groups is 1. The molecule has 1 saturated carbocycles. The first-order valence-corrected chi connectivity index (χ1v) is 9.61. The van der Waals surface area contributed by atoms with E-state index in [1.165, 1.54) is 12.3 Å². The topological polar surface area (TPSA) is 78.2 Å². The van der Waals surface area contributed by atoms with Crippen molar-refractivity contribution in [2.24, 2.45) is 5.92 Å². The van der Waals surface area contributed by atoms with Crippen molar-refractivity contribution >= 4 is 5.91 Å². The molecule has 0 spiro atoms. The zero-order valence-electron chi connectivity index (χ0n) is 16.0. The quantitative estimate of drug-likeness (QED) is 0.788. The summed E-state index contributed by atoms with van der Waals surface area (Å²) in [6.45, 7) is 2.81. The lowest BCUT2D eigenvalue weighted by Crippen LogP contribution is -2.51. The van der Waals surface area contributed by atoms with E-state index in [4.69, 9.17) is 11.2 Å². The number of rotatable bonds is 5. The Morgan fingerprint density at radius 3 is 2.86 bits per heavy atom. The number of nitrogens with one attached hydrogen (secondary N) is 1. The third kappa shape index (κ3) is 4.61. The van der Waals surface area contributed by atoms with Crippen LogP contribution in [0.1, 0.15) is 39.0 Å². The summed E-state index contributed by atoms with van der Waals surface area (Å²) in [5.74, 6) is 2.37. The lowest BCUT2D eigenvalue weighted by Gasteiger charge is -2.38. The smallest absolute Gasteiger partial charge is 0.237 e. The summed E-state index contributed by atoms with van der Waals surface area (Å²) in [5, 5.41) is 12.7. The monoisotopic (exact) mass is 384 g/mol. The second-order valence-corrected chi connectivity index (χ2v) is 7.79. The number of pyridine rings is 1. The summed E-state index contributed by atoms with van der Waals surface area (Å²) < 4.78 is 19.1. The SMILES string of the molecule is C#CC1CCN(C(=O)CNC2(C)CCC(Oc3cncc(F)c3)CC2)[C@@H]1C#N. The van der Waals surface area contributed by atoms with Gasteiger partial charge in [0.2, 0.25) is 5.91 Å². The van der Waals surface area contributed by atoms with Gasteiger partial charge in [-0.2, -0.15) is 5.26 Å². The standard InChI is InChI=1S/C21H25FN4O2/c1-3-15-6-9-26(19(15)11-23)20(27)14-25-21(2)7-4-17(5-8-21)28-18-10-16(22)12-24-13-18/h1,10,12-13,15,17,19,25H,4-9,14H2,2H3/t15?,17?,19-,21?/m1/s1. The minimum Gasteiger partial charge on any atom is -0.489 e. The zero-order valence-corrected chi connectivity index (χ0v) is 16.0. The van der Waals surface area contributed by atoms with Crippen LogP contribution in [0, 0.1) is 35.4 Å². The molecule has 0 aromatic carbocycles. The van der Waals surface area contributed by atoms with Crippen molar-refractivity contribution in [1.82, 2.24) is 15.2 Å². The number of terminal acetylenes is 1. The molecule has 1 N–H and O–H groups in total. The number of amides is 1. The number of nitriles is 1. The number of ether oxygens (including phenoxy) is 1. The number of hydrogen-bond acceptors (Lipinski definition) is 5. The predicted octanol–water partition coefficient (Wildman–Crippen LogP) is 2.26. The molecule has 1 aliphatic carbocycles. The van der Waals surface area contributed by atoms with Crippen LogP contribution < -0.4 is 10.1 Å². The van der Waals surface area contributed by atoms with Gasteiger partial charge in [-0.1, -0.05) is 5.92 Å². The lowest BCUT2D eigenvalue weighted by molar-refractivity contribution is -0.130. The predicted molar refractivity (Wildman–Crippen MR) is 102 cm³/mol. The van der Waals surface area contributed by atoms with E-state index in [0.29, 0.717) is 18.7 Å². The van der Waals surface area contributed by atoms with Gasteiger partial charge in [-0.25, -0.2) is 4.39 Å². The van der Waals surface area contributed by atoms with E-state index in [0.717, 1.165) is 31.9 Å². The molecule has 0 bridgehead atoms. The van der Waals surface area contributed by atoms with Crippen LogP contribution in [0.2, 0.25) is 0 Å². The first-order chi connectivity index (χ1) is 13.4. The molecule has 3 rings (SSSR count). The zero-order chi connectivity index (χ0) is 20.1. The molecule has 1 saturated heterocycles. The molecule has 1 aromatic heterocycles. The summed E-state index contributed by atoms with van der Waals surface area (Å²) in [5.41, 5.74) is -0.177. The van der Waals surface area contributed by atoms with Crippen molar-refractivity contribution in [1.29, 1.82) is 5.26 Å². The highest BCUT2D eigenvalue weighted by atomic mass is 19.1. The van der Waals surface area contributed by atoms with Crippen LogP contribution in [0.15, 0.2) is 18.5 Å². The number of carbonyl (C=O) groups excluding carboxylic acids is 1. The van der Waals surface area contributed by atoms with Gasteiger partial charge in [-0.3, -0.25) is 9.78 Å². The van der Waals surface area contributed by atoms with Gasteiger partial charge >= 0.3 is 0 Å². The van der Waals surface area contributed by atoms with Gasteiger partial charge in [-0.15, -0.1) is 6.42 Å². The van der Waals surface area contributed by atoms with Gasteiger partial charge in [-0.05, 0) is 39.0 Å². The van der Waals surface area contributed by atoms with Crippen molar-refractivity contribution in [3.8, 4) is 24.2 Å². The fraction of sp³-hybridized carbons (Fsp3) is 0.571. The Morgan fingerprint density at radius 1 is 1.46 bits per heavy atom. The normalized spacial score (nSPS) is 29.7. The van der Waals surface area contributed by atoms with Crippen LogP contribution in [-0.2, 0) is 4.79 Å². The Hall–Kier alpha value is -2.64. The fourth-order valence-electron chi connectivity index (χ4n) is 3.97. The summed E-state index contributed by atoms with van der Waals surface area (Å²) >= 11 is 0. The van der Waals surface area contributed by atoms with Crippen LogP contribution in [0.5, 0.6) is 5.75 Å². The minimum absolute atomic E-state index is 0.00659. The van der Waals surface area contributed by atoms with E-state index >= 15 is 0 Å². The van der Waals surface area contributed by atoms with Crippen molar-refractivity contribution in [2.45, 2.75) is 56.7 Å². The molecular formula is C21H25FN4O2. The molecular weight excluding hydrogens is 359 g/mol. The van der Waals surface area contributed by atoms with Crippen LogP contribution >= 0.6 is 0 Å². The van der Waals surface area contributed by atoms with E-state index in [1.807, 2.05) is 0 Å². The number of aromatic nitrogens is 1. The first kappa shape index (κ1) is 20.1. The van der Waals surface area contributed by atoms with Crippen LogP contribution in [0.4, 0.5) is 4.39 Å². The van der Waals surface area contributed by atoms with Crippen molar-refractivity contribution in [2.75, 3.05) is 13.1 Å². The molecule has 28 heavy (non-hydrogen) atoms. The molecule has 1 amide bonds. The molecule has 2 aliphatic rings. The highest BCUT2D eigenvalue weighted by molar-refractivity contribution is 5.79. The van der Waals surface area contributed by atoms with Crippen molar-refractivity contribution < 1.29 is 13.9 Å². The average Bonchev–Trinajstić information content (AvgIpc) is 3.11. The van der Waals surface area contributed by atoms with E-state index in [1.54, 1.807) is 4.90 Å². The van der Waals surface area contributed by atoms with Crippen LogP contribution in [0.25, 0.3) is 0 Å². The molecule has 148 valence electrons. The number of likely N-dealkylation sites (tertiary alicyclic amines) is 1. The number of nitrogens with zero attached hydrogens (tertiary/aromatic N) is 3. The van der Waals surface area contributed by atoms with Gasteiger partial charge in [0, 0.05) is 18.2 Å². The van der Waals surface area contributed by atoms with E-state index < -0.39 is 11.9 Å². The molecule has 2 atom stereocenters. The molecule has 2 heterocycles. The van der Waals surface area contributed by atoms with Crippen LogP contribution in [-0.4, -0.2) is 46.6 Å². The number of halogens is 1. The van der Waals surface area contributed by atoms with Crippen molar-refractivity contribution in [3.05, 3.63) is 24.3 Å². The third-order valence-corrected chi connectivity index (χ3v) is 5.75. The van der Waals surface area contributed by atoms with Gasteiger partial charge < -0.3 is 15.0 Å². The third-order valence-electron chi connectivity index (χ3n) is 5.75. The average molecular weight is 384 g/mol. The summed E-state index contributed by atoms with van der Waals surface area (Å²) in [6, 6.07) is 2.97. The second-order valence-electron chi connectivity index (χ2n) is 7.79. The maximum Gasteiger partial charge on any atom is 0.237 e. The van der Waals surface area contributed by atoms with Crippen LogP contribution in [0.3, 0.4) is 0 Å². The Kier molecular flexibility index (Phi) is 6.16. The van der Waals surface area contributed by atoms with Gasteiger partial charge in [0.1, 0.15) is 17.6 Å². The Labute approximate surface area is 165 Å². The summed E-state index contributed by atoms with van der Waals surface area (Å²) in [7, 11) is 0. The lowest BCUT2D eigenvalue weighted by atomic mass is 9.82. The molecule has 1 unspecified atom stereocenters. The summed E-state index contributed by atoms with van der Waals surface area (Å²) in [4.78, 5) is 18.0. The second kappa shape index (κ2) is 8.58. The maximum absolute atomic E-state index is 13.2. The molecule has 7 heteroatoms. The van der Waals surface area contributed by atoms with Gasteiger partial charge in [0.05, 0.1) is 37.0 Å². The molecule has 6 nitrogen and oxygen atoms in total. The van der Waals surface area contributed by atoms with Gasteiger partial charge in [0.25, 0.3) is 0 Å². The van der Waals surface area contributed by atoms with E-state index in [-0.39, 0.29) is 30.0 Å². The highest BCUT2D eigenvalue weighted by Crippen LogP contribution is 2.31. The Morgan fingerprint density at radius 2 is 2.21 bits per heavy atom. The Bertz CT molecular complexity index is 792. The highest BCUT2D eigenvalue weighted by Gasteiger charge is 2.37. The molecule has 2 fully saturated rings. The fourth-order valence-corrected chi connectivity index (χ4v) is 3.97. The van der Waals surface area contributed by atoms with Gasteiger partial charge in [0.15, 0.2) is 0 Å². The maximum atomic E-state index is 13.2. The molecule has 1 aromatic rings. The minimum atomic E-state index is -0.531.